The van der Waals surface area contributed by atoms with E-state index in [1.165, 1.54) is 27.7 Å². The molecule has 6 unspecified atom stereocenters. The molecule has 0 saturated heterocycles. The Morgan fingerprint density at radius 2 is 0.688 bits per heavy atom. The van der Waals surface area contributed by atoms with Crippen LogP contribution in [0.2, 0.25) is 0 Å². The van der Waals surface area contributed by atoms with E-state index in [1.807, 2.05) is 0 Å². The van der Waals surface area contributed by atoms with Crippen LogP contribution >= 0.6 is 0 Å². The van der Waals surface area contributed by atoms with E-state index in [4.69, 9.17) is 18.9 Å². The summed E-state index contributed by atoms with van der Waals surface area (Å²) in [6.45, 7) is 19.1. The fraction of sp³-hybridized carbons (Fsp3) is 0.455. The third kappa shape index (κ3) is 6.38. The summed E-state index contributed by atoms with van der Waals surface area (Å²) in [5.41, 5.74) is -0.224. The van der Waals surface area contributed by atoms with Crippen molar-refractivity contribution in [2.75, 3.05) is 0 Å². The Balaban J connectivity index is 3.56. The van der Waals surface area contributed by atoms with Crippen molar-refractivity contribution in [3.63, 3.8) is 0 Å². The first-order valence-electron chi connectivity index (χ1n) is 9.51. The molecule has 32 heavy (non-hydrogen) atoms. The second-order valence-electron chi connectivity index (χ2n) is 7.58. The lowest BCUT2D eigenvalue weighted by atomic mass is 9.84. The number of aliphatic hydroxyl groups excluding tert-OH is 2. The number of rotatable bonds is 8. The topological polar surface area (TPSA) is 146 Å². The van der Waals surface area contributed by atoms with Crippen LogP contribution in [0, 0.1) is 0 Å². The quantitative estimate of drug-likeness (QED) is 0.306. The van der Waals surface area contributed by atoms with Crippen molar-refractivity contribution in [3.05, 3.63) is 48.6 Å². The lowest BCUT2D eigenvalue weighted by molar-refractivity contribution is -0.249. The monoisotopic (exact) mass is 452 g/mol. The molecule has 1 fully saturated rings. The highest BCUT2D eigenvalue weighted by Crippen LogP contribution is 2.32. The van der Waals surface area contributed by atoms with E-state index in [9.17, 15) is 29.4 Å². The Labute approximate surface area is 185 Å². The second-order valence-corrected chi connectivity index (χ2v) is 7.58. The highest BCUT2D eigenvalue weighted by atomic mass is 16.6. The van der Waals surface area contributed by atoms with Gasteiger partial charge in [0.2, 0.25) is 0 Å². The zero-order valence-corrected chi connectivity index (χ0v) is 18.5. The van der Waals surface area contributed by atoms with E-state index in [2.05, 4.69) is 26.3 Å². The van der Waals surface area contributed by atoms with Crippen LogP contribution in [0.4, 0.5) is 0 Å². The summed E-state index contributed by atoms with van der Waals surface area (Å²) < 4.78 is 20.9. The molecule has 10 heteroatoms. The highest BCUT2D eigenvalue weighted by Gasteiger charge is 2.57. The predicted octanol–water partition coefficient (Wildman–Crippen LogP) is 0.673. The molecule has 0 bridgehead atoms. The van der Waals surface area contributed by atoms with Crippen molar-refractivity contribution >= 4 is 23.9 Å². The first kappa shape index (κ1) is 26.8. The van der Waals surface area contributed by atoms with Gasteiger partial charge in [-0.25, -0.2) is 19.2 Å². The second kappa shape index (κ2) is 10.9. The minimum Gasteiger partial charge on any atom is -0.452 e. The van der Waals surface area contributed by atoms with Gasteiger partial charge in [-0.1, -0.05) is 26.3 Å². The van der Waals surface area contributed by atoms with Gasteiger partial charge in [0.25, 0.3) is 0 Å². The Hall–Kier alpha value is -3.24. The molecule has 1 saturated carbocycles. The predicted molar refractivity (Wildman–Crippen MR) is 111 cm³/mol. The van der Waals surface area contributed by atoms with Gasteiger partial charge in [-0.3, -0.25) is 0 Å². The van der Waals surface area contributed by atoms with Crippen LogP contribution in [-0.2, 0) is 38.1 Å². The molecule has 1 aliphatic rings. The molecule has 10 nitrogen and oxygen atoms in total. The normalized spacial score (nSPS) is 26.8. The summed E-state index contributed by atoms with van der Waals surface area (Å²) in [6, 6.07) is 0. The maximum Gasteiger partial charge on any atom is 0.333 e. The number of aliphatic hydroxyl groups is 2. The average molecular weight is 452 g/mol. The molecule has 0 spiro atoms. The Morgan fingerprint density at radius 1 is 0.500 bits per heavy atom. The number of carbonyl (C=O) groups is 4. The molecular weight excluding hydrogens is 424 g/mol. The van der Waals surface area contributed by atoms with Crippen LogP contribution in [0.1, 0.15) is 27.7 Å². The third-order valence-electron chi connectivity index (χ3n) is 4.36. The molecule has 6 atom stereocenters. The van der Waals surface area contributed by atoms with Crippen molar-refractivity contribution in [2.24, 2.45) is 0 Å². The fourth-order valence-corrected chi connectivity index (χ4v) is 2.59. The Morgan fingerprint density at radius 3 is 0.875 bits per heavy atom. The van der Waals surface area contributed by atoms with Crippen LogP contribution in [0.3, 0.4) is 0 Å². The van der Waals surface area contributed by atoms with Gasteiger partial charge < -0.3 is 29.2 Å². The van der Waals surface area contributed by atoms with Gasteiger partial charge in [0.15, 0.2) is 24.4 Å². The first-order chi connectivity index (χ1) is 14.7. The van der Waals surface area contributed by atoms with E-state index in [1.54, 1.807) is 0 Å². The molecule has 0 heterocycles. The molecule has 0 radical (unpaired) electrons. The van der Waals surface area contributed by atoms with Gasteiger partial charge in [0, 0.05) is 22.3 Å². The molecule has 1 aliphatic carbocycles. The van der Waals surface area contributed by atoms with Gasteiger partial charge in [-0.15, -0.1) is 0 Å². The van der Waals surface area contributed by atoms with Gasteiger partial charge in [0.1, 0.15) is 12.2 Å². The zero-order chi connectivity index (χ0) is 24.9. The summed E-state index contributed by atoms with van der Waals surface area (Å²) in [6.07, 6.45) is -10.6. The minimum atomic E-state index is -1.90. The lowest BCUT2D eigenvalue weighted by Crippen LogP contribution is -2.67. The van der Waals surface area contributed by atoms with E-state index >= 15 is 0 Å². The average Bonchev–Trinajstić information content (AvgIpc) is 2.69. The molecule has 0 aromatic heterocycles. The number of hydrogen-bond donors (Lipinski definition) is 2. The number of hydrogen-bond acceptors (Lipinski definition) is 10. The SMILES string of the molecule is C=C(C)C(=O)OC1C(O)C(O)C(OC(=O)C(=C)C)C(OC(=O)C(=C)C)C1OC(=O)C(=C)C. The highest BCUT2D eigenvalue weighted by molar-refractivity contribution is 5.89. The van der Waals surface area contributed by atoms with Gasteiger partial charge in [-0.2, -0.15) is 0 Å². The zero-order valence-electron chi connectivity index (χ0n) is 18.5. The molecule has 0 aromatic rings. The number of esters is 4. The summed E-state index contributed by atoms with van der Waals surface area (Å²) in [7, 11) is 0. The summed E-state index contributed by atoms with van der Waals surface area (Å²) in [5.74, 6) is -3.90. The van der Waals surface area contributed by atoms with Gasteiger partial charge in [-0.05, 0) is 27.7 Å². The molecular formula is C22H28O10. The molecule has 0 aliphatic heterocycles. The van der Waals surface area contributed by atoms with Crippen LogP contribution in [0.5, 0.6) is 0 Å². The first-order valence-corrected chi connectivity index (χ1v) is 9.51. The maximum absolute atomic E-state index is 12.3. The van der Waals surface area contributed by atoms with Crippen molar-refractivity contribution < 1.29 is 48.3 Å². The van der Waals surface area contributed by atoms with Crippen LogP contribution in [0.25, 0.3) is 0 Å². The molecule has 1 rings (SSSR count). The minimum absolute atomic E-state index is 0.0528. The number of ether oxygens (including phenoxy) is 4. The van der Waals surface area contributed by atoms with Crippen molar-refractivity contribution in [1.82, 2.24) is 0 Å². The van der Waals surface area contributed by atoms with E-state index in [-0.39, 0.29) is 22.3 Å². The van der Waals surface area contributed by atoms with Crippen LogP contribution in [0.15, 0.2) is 48.6 Å². The van der Waals surface area contributed by atoms with E-state index in [0.717, 1.165) is 0 Å². The largest absolute Gasteiger partial charge is 0.452 e. The Bertz CT molecular complexity index is 785. The number of carbonyl (C=O) groups excluding carboxylic acids is 4. The third-order valence-corrected chi connectivity index (χ3v) is 4.36. The van der Waals surface area contributed by atoms with Crippen molar-refractivity contribution in [3.8, 4) is 0 Å². The van der Waals surface area contributed by atoms with E-state index in [0.29, 0.717) is 0 Å². The van der Waals surface area contributed by atoms with Crippen LogP contribution in [-0.4, -0.2) is 70.7 Å². The summed E-state index contributed by atoms with van der Waals surface area (Å²) in [4.78, 5) is 48.8. The van der Waals surface area contributed by atoms with Crippen LogP contribution < -0.4 is 0 Å². The summed E-state index contributed by atoms with van der Waals surface area (Å²) >= 11 is 0. The molecule has 0 amide bonds. The van der Waals surface area contributed by atoms with Gasteiger partial charge >= 0.3 is 23.9 Å². The smallest absolute Gasteiger partial charge is 0.333 e. The molecule has 2 N–H and O–H groups in total. The lowest BCUT2D eigenvalue weighted by Gasteiger charge is -2.45. The maximum atomic E-state index is 12.3. The summed E-state index contributed by atoms with van der Waals surface area (Å²) in [5, 5.41) is 21.3. The fourth-order valence-electron chi connectivity index (χ4n) is 2.59. The molecule has 0 aromatic carbocycles. The van der Waals surface area contributed by atoms with Gasteiger partial charge in [0.05, 0.1) is 0 Å². The van der Waals surface area contributed by atoms with Crippen molar-refractivity contribution in [1.29, 1.82) is 0 Å². The van der Waals surface area contributed by atoms with Crippen molar-refractivity contribution in [2.45, 2.75) is 64.3 Å². The standard InChI is InChI=1S/C22H28O10/c1-9(2)19(25)29-15-13(23)14(24)16(30-20(26)10(3)4)18(32-22(28)12(7)8)17(15)31-21(27)11(5)6/h13-18,23-24H,1,3,5,7H2,2,4,6,8H3. The Kier molecular flexibility index (Phi) is 9.10. The molecule has 176 valence electrons. The van der Waals surface area contributed by atoms with E-state index < -0.39 is 60.5 Å².